The summed E-state index contributed by atoms with van der Waals surface area (Å²) >= 11 is 3.06. The van der Waals surface area contributed by atoms with E-state index >= 15 is 0 Å². The molecule has 0 bridgehead atoms. The molecule has 0 radical (unpaired) electrons. The molecule has 1 rings (SSSR count). The van der Waals surface area contributed by atoms with Crippen molar-refractivity contribution < 1.29 is 32.2 Å². The number of esters is 1. The molecule has 1 aromatic rings. The van der Waals surface area contributed by atoms with Gasteiger partial charge in [0.15, 0.2) is 5.78 Å². The van der Waals surface area contributed by atoms with Crippen molar-refractivity contribution in [3.05, 3.63) is 29.3 Å². The van der Waals surface area contributed by atoms with Gasteiger partial charge in [-0.25, -0.2) is 4.79 Å². The third-order valence-corrected chi connectivity index (χ3v) is 2.76. The maximum Gasteiger partial charge on any atom is 0.573 e. The zero-order valence-electron chi connectivity index (χ0n) is 11.2. The van der Waals surface area contributed by atoms with E-state index in [1.54, 1.807) is 6.92 Å². The van der Waals surface area contributed by atoms with Gasteiger partial charge in [-0.15, -0.1) is 13.2 Å². The molecule has 0 spiro atoms. The Bertz CT molecular complexity index is 541. The van der Waals surface area contributed by atoms with E-state index in [1.807, 2.05) is 0 Å². The van der Waals surface area contributed by atoms with E-state index in [4.69, 9.17) is 0 Å². The summed E-state index contributed by atoms with van der Waals surface area (Å²) in [5.41, 5.74) is -0.370. The number of rotatable bonds is 5. The first-order chi connectivity index (χ1) is 9.65. The minimum atomic E-state index is -4.95. The molecule has 0 aliphatic heterocycles. The van der Waals surface area contributed by atoms with Crippen molar-refractivity contribution in [3.63, 3.8) is 0 Å². The van der Waals surface area contributed by atoms with Gasteiger partial charge in [-0.3, -0.25) is 4.79 Å². The summed E-state index contributed by atoms with van der Waals surface area (Å²) in [6.45, 7) is 3.06. The van der Waals surface area contributed by atoms with Crippen molar-refractivity contribution in [1.82, 2.24) is 0 Å². The molecule has 0 aliphatic rings. The minimum absolute atomic E-state index is 0.0166. The van der Waals surface area contributed by atoms with Crippen molar-refractivity contribution in [2.45, 2.75) is 25.0 Å². The van der Waals surface area contributed by atoms with Crippen molar-refractivity contribution in [1.29, 1.82) is 0 Å². The number of benzene rings is 1. The molecule has 0 aromatic heterocycles. The highest BCUT2D eigenvalue weighted by molar-refractivity contribution is 9.10. The molecule has 8 heteroatoms. The monoisotopic (exact) mass is 368 g/mol. The summed E-state index contributed by atoms with van der Waals surface area (Å²) in [4.78, 5) is 23.0. The summed E-state index contributed by atoms with van der Waals surface area (Å²) in [6, 6.07) is 3.10. The van der Waals surface area contributed by atoms with E-state index in [1.165, 1.54) is 6.92 Å². The number of ketones is 1. The highest BCUT2D eigenvalue weighted by Gasteiger charge is 2.33. The molecule has 0 amide bonds. The molecular formula is C13H12BrF3O4. The summed E-state index contributed by atoms with van der Waals surface area (Å²) in [6.07, 6.45) is -4.95. The molecule has 0 heterocycles. The van der Waals surface area contributed by atoms with Crippen LogP contribution in [0.3, 0.4) is 0 Å². The second-order valence-corrected chi connectivity index (χ2v) is 5.33. The maximum absolute atomic E-state index is 12.3. The van der Waals surface area contributed by atoms with Crippen LogP contribution >= 0.6 is 15.9 Å². The van der Waals surface area contributed by atoms with Crippen LogP contribution in [-0.4, -0.2) is 29.5 Å². The number of hydrogen-bond donors (Lipinski definition) is 0. The second-order valence-electron chi connectivity index (χ2n) is 3.96. The molecule has 4 nitrogen and oxygen atoms in total. The first-order valence-electron chi connectivity index (χ1n) is 5.91. The number of carbonyl (C=O) groups is 2. The molecule has 1 unspecified atom stereocenters. The van der Waals surface area contributed by atoms with E-state index in [0.29, 0.717) is 0 Å². The van der Waals surface area contributed by atoms with Gasteiger partial charge in [-0.05, 0) is 32.0 Å². The standard InChI is InChI=1S/C13H12BrF3O4/c1-3-20-12(19)9-6-8(11(18)7(2)14)4-5-10(9)21-13(15,16)17/h4-7H,3H2,1-2H3. The lowest BCUT2D eigenvalue weighted by molar-refractivity contribution is -0.274. The van der Waals surface area contributed by atoms with E-state index in [0.717, 1.165) is 18.2 Å². The molecular weight excluding hydrogens is 357 g/mol. The normalized spacial score (nSPS) is 12.7. The highest BCUT2D eigenvalue weighted by Crippen LogP contribution is 2.28. The molecule has 1 atom stereocenters. The Labute approximate surface area is 127 Å². The minimum Gasteiger partial charge on any atom is -0.462 e. The molecule has 0 saturated carbocycles. The fraction of sp³-hybridized carbons (Fsp3) is 0.385. The molecule has 0 fully saturated rings. The number of alkyl halides is 4. The number of halogens is 4. The third-order valence-electron chi connectivity index (χ3n) is 2.35. The lowest BCUT2D eigenvalue weighted by Gasteiger charge is -2.14. The third kappa shape index (κ3) is 5.04. The van der Waals surface area contributed by atoms with Gasteiger partial charge in [-0.2, -0.15) is 0 Å². The first-order valence-corrected chi connectivity index (χ1v) is 6.82. The summed E-state index contributed by atoms with van der Waals surface area (Å²) < 4.78 is 45.4. The summed E-state index contributed by atoms with van der Waals surface area (Å²) in [7, 11) is 0. The van der Waals surface area contributed by atoms with Crippen LogP contribution in [0.2, 0.25) is 0 Å². The van der Waals surface area contributed by atoms with E-state index in [9.17, 15) is 22.8 Å². The number of Topliss-reactive ketones (excluding diaryl/α,β-unsaturated/α-hetero) is 1. The Balaban J connectivity index is 3.26. The number of ether oxygens (including phenoxy) is 2. The Morgan fingerprint density at radius 2 is 1.95 bits per heavy atom. The molecule has 0 saturated heterocycles. The lowest BCUT2D eigenvalue weighted by atomic mass is 10.0. The van der Waals surface area contributed by atoms with Gasteiger partial charge in [0.25, 0.3) is 0 Å². The largest absolute Gasteiger partial charge is 0.573 e. The van der Waals surface area contributed by atoms with Crippen molar-refractivity contribution in [3.8, 4) is 5.75 Å². The maximum atomic E-state index is 12.3. The predicted octanol–water partition coefficient (Wildman–Crippen LogP) is 3.73. The fourth-order valence-corrected chi connectivity index (χ4v) is 1.76. The van der Waals surface area contributed by atoms with Crippen molar-refractivity contribution >= 4 is 27.7 Å². The van der Waals surface area contributed by atoms with E-state index < -0.39 is 28.5 Å². The van der Waals surface area contributed by atoms with Crippen LogP contribution in [0.15, 0.2) is 18.2 Å². The van der Waals surface area contributed by atoms with Crippen LogP contribution in [-0.2, 0) is 4.74 Å². The Hall–Kier alpha value is -1.57. The second kappa shape index (κ2) is 6.93. The van der Waals surface area contributed by atoms with Gasteiger partial charge >= 0.3 is 12.3 Å². The van der Waals surface area contributed by atoms with E-state index in [2.05, 4.69) is 25.4 Å². The quantitative estimate of drug-likeness (QED) is 0.451. The molecule has 116 valence electrons. The van der Waals surface area contributed by atoms with Crippen molar-refractivity contribution in [2.75, 3.05) is 6.61 Å². The Kier molecular flexibility index (Phi) is 5.77. The van der Waals surface area contributed by atoms with E-state index in [-0.39, 0.29) is 18.0 Å². The average Bonchev–Trinajstić information content (AvgIpc) is 2.36. The highest BCUT2D eigenvalue weighted by atomic mass is 79.9. The molecule has 0 aliphatic carbocycles. The molecule has 0 N–H and O–H groups in total. The van der Waals surface area contributed by atoms with Gasteiger partial charge in [0.05, 0.1) is 11.4 Å². The first kappa shape index (κ1) is 17.5. The van der Waals surface area contributed by atoms with Crippen LogP contribution < -0.4 is 4.74 Å². The van der Waals surface area contributed by atoms with Gasteiger partial charge in [-0.1, -0.05) is 15.9 Å². The van der Waals surface area contributed by atoms with Crippen LogP contribution in [0.1, 0.15) is 34.6 Å². The smallest absolute Gasteiger partial charge is 0.462 e. The van der Waals surface area contributed by atoms with Crippen LogP contribution in [0, 0.1) is 0 Å². The predicted molar refractivity (Wildman–Crippen MR) is 71.8 cm³/mol. The van der Waals surface area contributed by atoms with Crippen LogP contribution in [0.5, 0.6) is 5.75 Å². The Morgan fingerprint density at radius 3 is 2.43 bits per heavy atom. The molecule has 1 aromatic carbocycles. The topological polar surface area (TPSA) is 52.6 Å². The fourth-order valence-electron chi connectivity index (χ4n) is 1.49. The Morgan fingerprint density at radius 1 is 1.33 bits per heavy atom. The zero-order valence-corrected chi connectivity index (χ0v) is 12.7. The zero-order chi connectivity index (χ0) is 16.2. The summed E-state index contributed by atoms with van der Waals surface area (Å²) in [5.74, 6) is -2.08. The van der Waals surface area contributed by atoms with Gasteiger partial charge in [0, 0.05) is 5.56 Å². The lowest BCUT2D eigenvalue weighted by Crippen LogP contribution is -2.20. The van der Waals surface area contributed by atoms with Crippen LogP contribution in [0.25, 0.3) is 0 Å². The van der Waals surface area contributed by atoms with Gasteiger partial charge < -0.3 is 9.47 Å². The number of hydrogen-bond acceptors (Lipinski definition) is 4. The molecule has 21 heavy (non-hydrogen) atoms. The number of carbonyl (C=O) groups excluding carboxylic acids is 2. The van der Waals surface area contributed by atoms with Crippen molar-refractivity contribution in [2.24, 2.45) is 0 Å². The average molecular weight is 369 g/mol. The van der Waals surface area contributed by atoms with Gasteiger partial charge in [0.2, 0.25) is 0 Å². The van der Waals surface area contributed by atoms with Gasteiger partial charge in [0.1, 0.15) is 11.3 Å². The summed E-state index contributed by atoms with van der Waals surface area (Å²) in [5, 5.41) is 0. The van der Waals surface area contributed by atoms with Crippen LogP contribution in [0.4, 0.5) is 13.2 Å². The SMILES string of the molecule is CCOC(=O)c1cc(C(=O)C(C)Br)ccc1OC(F)(F)F.